The Morgan fingerprint density at radius 3 is 2.65 bits per heavy atom. The molecule has 1 saturated heterocycles. The highest BCUT2D eigenvalue weighted by molar-refractivity contribution is 5.55. The lowest BCUT2D eigenvalue weighted by Crippen LogP contribution is -2.42. The number of nitrogens with zero attached hydrogens (tertiary/aromatic N) is 1. The smallest absolute Gasteiger partial charge is 0.0414 e. The summed E-state index contributed by atoms with van der Waals surface area (Å²) in [5.41, 5.74) is 2.91. The van der Waals surface area contributed by atoms with Crippen molar-refractivity contribution in [2.24, 2.45) is 11.8 Å². The molecule has 1 aromatic rings. The molecule has 1 aliphatic heterocycles. The van der Waals surface area contributed by atoms with Gasteiger partial charge in [0, 0.05) is 24.8 Å². The molecule has 3 rings (SSSR count). The van der Waals surface area contributed by atoms with Gasteiger partial charge in [-0.05, 0) is 50.3 Å². The maximum atomic E-state index is 3.39. The highest BCUT2D eigenvalue weighted by Gasteiger charge is 2.31. The lowest BCUT2D eigenvalue weighted by molar-refractivity contribution is 0.202. The van der Waals surface area contributed by atoms with E-state index in [0.29, 0.717) is 6.04 Å². The van der Waals surface area contributed by atoms with Crippen LogP contribution in [0.3, 0.4) is 0 Å². The van der Waals surface area contributed by atoms with Crippen molar-refractivity contribution < 1.29 is 0 Å². The molecule has 1 aromatic carbocycles. The molecule has 1 N–H and O–H groups in total. The predicted molar refractivity (Wildman–Crippen MR) is 86.2 cm³/mol. The van der Waals surface area contributed by atoms with Crippen molar-refractivity contribution in [3.63, 3.8) is 0 Å². The molecule has 1 saturated carbocycles. The number of hydrogen-bond acceptors (Lipinski definition) is 2. The largest absolute Gasteiger partial charge is 0.371 e. The standard InChI is InChI=1S/C18H28N2/c1-14(19-2)17-9-5-6-10-18(17)20-12-11-15-7-3-4-8-16(15)13-20/h5-6,9-10,14-16,19H,3-4,7-8,11-13H2,1-2H3. The summed E-state index contributed by atoms with van der Waals surface area (Å²) in [5.74, 6) is 1.95. The zero-order valence-corrected chi connectivity index (χ0v) is 12.9. The molecule has 0 radical (unpaired) electrons. The minimum absolute atomic E-state index is 0.426. The van der Waals surface area contributed by atoms with Crippen LogP contribution in [0.4, 0.5) is 5.69 Å². The van der Waals surface area contributed by atoms with Crippen molar-refractivity contribution >= 4 is 5.69 Å². The topological polar surface area (TPSA) is 15.3 Å². The molecule has 2 heteroatoms. The van der Waals surface area contributed by atoms with Gasteiger partial charge in [-0.25, -0.2) is 0 Å². The molecule has 1 heterocycles. The SMILES string of the molecule is CNC(C)c1ccccc1N1CCC2CCCCC2C1. The molecule has 0 aromatic heterocycles. The van der Waals surface area contributed by atoms with Crippen LogP contribution < -0.4 is 10.2 Å². The van der Waals surface area contributed by atoms with E-state index < -0.39 is 0 Å². The van der Waals surface area contributed by atoms with Crippen LogP contribution in [0.25, 0.3) is 0 Å². The maximum Gasteiger partial charge on any atom is 0.0414 e. The van der Waals surface area contributed by atoms with Crippen LogP contribution in [0.15, 0.2) is 24.3 Å². The number of para-hydroxylation sites is 1. The van der Waals surface area contributed by atoms with Crippen LogP contribution in [0, 0.1) is 11.8 Å². The fraction of sp³-hybridized carbons (Fsp3) is 0.667. The Bertz CT molecular complexity index is 443. The first-order valence-electron chi connectivity index (χ1n) is 8.30. The number of hydrogen-bond donors (Lipinski definition) is 1. The van der Waals surface area contributed by atoms with Gasteiger partial charge in [-0.1, -0.05) is 37.5 Å². The van der Waals surface area contributed by atoms with E-state index >= 15 is 0 Å². The number of nitrogens with one attached hydrogen (secondary N) is 1. The van der Waals surface area contributed by atoms with Gasteiger partial charge in [-0.2, -0.15) is 0 Å². The van der Waals surface area contributed by atoms with E-state index in [-0.39, 0.29) is 0 Å². The second kappa shape index (κ2) is 6.17. The first-order valence-corrected chi connectivity index (χ1v) is 8.30. The monoisotopic (exact) mass is 272 g/mol. The third-order valence-corrected chi connectivity index (χ3v) is 5.47. The summed E-state index contributed by atoms with van der Waals surface area (Å²) in [6.45, 7) is 4.78. The zero-order chi connectivity index (χ0) is 13.9. The maximum absolute atomic E-state index is 3.39. The molecule has 0 spiro atoms. The van der Waals surface area contributed by atoms with Gasteiger partial charge >= 0.3 is 0 Å². The van der Waals surface area contributed by atoms with Gasteiger partial charge in [0.2, 0.25) is 0 Å². The molecule has 2 aliphatic rings. The second-order valence-electron chi connectivity index (χ2n) is 6.61. The van der Waals surface area contributed by atoms with E-state index in [9.17, 15) is 0 Å². The second-order valence-corrected chi connectivity index (χ2v) is 6.61. The van der Waals surface area contributed by atoms with Crippen LogP contribution in [-0.2, 0) is 0 Å². The molecule has 2 fully saturated rings. The molecular weight excluding hydrogens is 244 g/mol. The average Bonchev–Trinajstić information content (AvgIpc) is 2.53. The number of benzene rings is 1. The fourth-order valence-electron chi connectivity index (χ4n) is 4.12. The van der Waals surface area contributed by atoms with Crippen molar-refractivity contribution in [1.82, 2.24) is 5.32 Å². The molecule has 2 nitrogen and oxygen atoms in total. The summed E-state index contributed by atoms with van der Waals surface area (Å²) >= 11 is 0. The third kappa shape index (κ3) is 2.71. The molecule has 3 unspecified atom stereocenters. The van der Waals surface area contributed by atoms with Gasteiger partial charge < -0.3 is 10.2 Å². The van der Waals surface area contributed by atoms with E-state index in [1.807, 2.05) is 0 Å². The highest BCUT2D eigenvalue weighted by atomic mass is 15.1. The van der Waals surface area contributed by atoms with Gasteiger partial charge in [-0.15, -0.1) is 0 Å². The summed E-state index contributed by atoms with van der Waals surface area (Å²) in [7, 11) is 2.05. The Balaban J connectivity index is 1.79. The van der Waals surface area contributed by atoms with Gasteiger partial charge in [0.05, 0.1) is 0 Å². The van der Waals surface area contributed by atoms with Crippen molar-refractivity contribution in [2.75, 3.05) is 25.0 Å². The predicted octanol–water partition coefficient (Wildman–Crippen LogP) is 3.98. The average molecular weight is 272 g/mol. The molecule has 20 heavy (non-hydrogen) atoms. The minimum atomic E-state index is 0.426. The van der Waals surface area contributed by atoms with Crippen molar-refractivity contribution in [3.05, 3.63) is 29.8 Å². The summed E-state index contributed by atoms with van der Waals surface area (Å²) in [6, 6.07) is 9.37. The lowest BCUT2D eigenvalue weighted by Gasteiger charge is -2.43. The van der Waals surface area contributed by atoms with Crippen molar-refractivity contribution in [1.29, 1.82) is 0 Å². The van der Waals surface area contributed by atoms with Gasteiger partial charge in [0.1, 0.15) is 0 Å². The van der Waals surface area contributed by atoms with Crippen LogP contribution in [-0.4, -0.2) is 20.1 Å². The van der Waals surface area contributed by atoms with Crippen LogP contribution in [0.1, 0.15) is 50.6 Å². The van der Waals surface area contributed by atoms with Crippen LogP contribution >= 0.6 is 0 Å². The summed E-state index contributed by atoms with van der Waals surface area (Å²) < 4.78 is 0. The molecule has 110 valence electrons. The Labute approximate surface area is 123 Å². The third-order valence-electron chi connectivity index (χ3n) is 5.47. The summed E-state index contributed by atoms with van der Waals surface area (Å²) in [4.78, 5) is 2.65. The summed E-state index contributed by atoms with van der Waals surface area (Å²) in [6.07, 6.45) is 7.24. The minimum Gasteiger partial charge on any atom is -0.371 e. The van der Waals surface area contributed by atoms with Gasteiger partial charge in [0.25, 0.3) is 0 Å². The number of rotatable bonds is 3. The van der Waals surface area contributed by atoms with Crippen LogP contribution in [0.5, 0.6) is 0 Å². The van der Waals surface area contributed by atoms with Gasteiger partial charge in [0.15, 0.2) is 0 Å². The Kier molecular flexibility index (Phi) is 4.30. The molecule has 3 atom stereocenters. The van der Waals surface area contributed by atoms with Gasteiger partial charge in [-0.3, -0.25) is 0 Å². The van der Waals surface area contributed by atoms with Crippen molar-refractivity contribution in [3.8, 4) is 0 Å². The van der Waals surface area contributed by atoms with E-state index in [2.05, 4.69) is 48.5 Å². The number of anilines is 1. The zero-order valence-electron chi connectivity index (χ0n) is 12.9. The normalized spacial score (nSPS) is 28.0. The van der Waals surface area contributed by atoms with Crippen LogP contribution in [0.2, 0.25) is 0 Å². The number of piperidine rings is 1. The Morgan fingerprint density at radius 1 is 1.10 bits per heavy atom. The van der Waals surface area contributed by atoms with Crippen molar-refractivity contribution in [2.45, 2.75) is 45.1 Å². The van der Waals surface area contributed by atoms with E-state index in [1.54, 1.807) is 0 Å². The lowest BCUT2D eigenvalue weighted by atomic mass is 9.75. The molecular formula is C18H28N2. The van der Waals surface area contributed by atoms with E-state index in [4.69, 9.17) is 0 Å². The fourth-order valence-corrected chi connectivity index (χ4v) is 4.12. The van der Waals surface area contributed by atoms with E-state index in [0.717, 1.165) is 11.8 Å². The first kappa shape index (κ1) is 13.9. The summed E-state index contributed by atoms with van der Waals surface area (Å²) in [5, 5.41) is 3.39. The Morgan fingerprint density at radius 2 is 1.85 bits per heavy atom. The molecule has 0 bridgehead atoms. The van der Waals surface area contributed by atoms with E-state index in [1.165, 1.54) is 56.4 Å². The molecule has 1 aliphatic carbocycles. The highest BCUT2D eigenvalue weighted by Crippen LogP contribution is 2.38. The Hall–Kier alpha value is -1.02. The first-order chi connectivity index (χ1) is 9.79. The quantitative estimate of drug-likeness (QED) is 0.895. The number of fused-ring (bicyclic) bond motifs is 1. The molecule has 0 amide bonds.